The molecule has 3 unspecified atom stereocenters. The summed E-state index contributed by atoms with van der Waals surface area (Å²) in [6.45, 7) is 5.59. The van der Waals surface area contributed by atoms with Gasteiger partial charge in [0.2, 0.25) is 6.29 Å². The van der Waals surface area contributed by atoms with Gasteiger partial charge >= 0.3 is 12.1 Å². The first-order valence-electron chi connectivity index (χ1n) is 13.3. The number of ether oxygens (including phenoxy) is 4. The molecule has 1 amide bonds. The summed E-state index contributed by atoms with van der Waals surface area (Å²) in [7, 11) is 0. The van der Waals surface area contributed by atoms with Crippen molar-refractivity contribution in [3.8, 4) is 0 Å². The van der Waals surface area contributed by atoms with Gasteiger partial charge in [0.25, 0.3) is 0 Å². The zero-order valence-corrected chi connectivity index (χ0v) is 21.2. The van der Waals surface area contributed by atoms with E-state index in [4.69, 9.17) is 18.9 Å². The molecule has 3 atom stereocenters. The molecule has 0 aromatic heterocycles. The van der Waals surface area contributed by atoms with E-state index in [1.165, 1.54) is 69.6 Å². The van der Waals surface area contributed by atoms with Crippen LogP contribution in [0.5, 0.6) is 0 Å². The topological polar surface area (TPSA) is 94.5 Å². The molecule has 0 saturated carbocycles. The zero-order chi connectivity index (χ0) is 24.6. The first kappa shape index (κ1) is 28.4. The van der Waals surface area contributed by atoms with Crippen LogP contribution >= 0.6 is 0 Å². The zero-order valence-electron chi connectivity index (χ0n) is 21.2. The fraction of sp³-hybridized carbons (Fsp3) is 0.846. The molecule has 1 N–H and O–H groups in total. The van der Waals surface area contributed by atoms with Crippen LogP contribution in [0.1, 0.15) is 97.3 Å². The lowest BCUT2D eigenvalue weighted by molar-refractivity contribution is -0.176. The van der Waals surface area contributed by atoms with Crippen molar-refractivity contribution in [1.82, 2.24) is 4.90 Å². The average Bonchev–Trinajstić information content (AvgIpc) is 3.33. The molecule has 0 aliphatic carbocycles. The summed E-state index contributed by atoms with van der Waals surface area (Å²) in [6.07, 6.45) is 13.5. The number of esters is 1. The standard InChI is InChI=1S/C26H45NO7/c1-3-4-5-6-7-8-9-10-11-12-13-14-22(28)23-15-16-24(34-23)25(29)32-21(2)33-26(30)27-17-19-31-20-18-27/h15,21-22,24,28H,3-14,16-20H2,1-2H3. The van der Waals surface area contributed by atoms with Crippen molar-refractivity contribution in [3.63, 3.8) is 0 Å². The normalized spacial score (nSPS) is 19.8. The van der Waals surface area contributed by atoms with Crippen molar-refractivity contribution in [2.75, 3.05) is 26.3 Å². The smallest absolute Gasteiger partial charge is 0.413 e. The molecule has 1 saturated heterocycles. The van der Waals surface area contributed by atoms with E-state index in [0.717, 1.165) is 12.8 Å². The Bertz CT molecular complexity index is 618. The van der Waals surface area contributed by atoms with Crippen LogP contribution in [0.4, 0.5) is 4.79 Å². The van der Waals surface area contributed by atoms with E-state index < -0.39 is 30.6 Å². The number of aliphatic hydroxyl groups excluding tert-OH is 1. The second-order valence-corrected chi connectivity index (χ2v) is 9.28. The van der Waals surface area contributed by atoms with Gasteiger partial charge in [-0.3, -0.25) is 0 Å². The molecule has 0 aromatic rings. The number of unbranched alkanes of at least 4 members (excludes halogenated alkanes) is 10. The quantitative estimate of drug-likeness (QED) is 0.186. The minimum atomic E-state index is -1.02. The van der Waals surface area contributed by atoms with Crippen molar-refractivity contribution >= 4 is 12.1 Å². The van der Waals surface area contributed by atoms with Gasteiger partial charge in [0.1, 0.15) is 11.9 Å². The Morgan fingerprint density at radius 1 is 1.00 bits per heavy atom. The summed E-state index contributed by atoms with van der Waals surface area (Å²) in [5.41, 5.74) is 0. The highest BCUT2D eigenvalue weighted by Gasteiger charge is 2.32. The number of morpholine rings is 1. The summed E-state index contributed by atoms with van der Waals surface area (Å²) in [5.74, 6) is -0.164. The Labute approximate surface area is 204 Å². The molecule has 0 bridgehead atoms. The lowest BCUT2D eigenvalue weighted by Crippen LogP contribution is -2.42. The molecule has 8 heteroatoms. The van der Waals surface area contributed by atoms with Gasteiger partial charge in [-0.25, -0.2) is 9.59 Å². The lowest BCUT2D eigenvalue weighted by atomic mass is 10.0. The summed E-state index contributed by atoms with van der Waals surface area (Å²) in [5, 5.41) is 10.4. The van der Waals surface area contributed by atoms with Gasteiger partial charge in [0.05, 0.1) is 13.2 Å². The molecule has 2 heterocycles. The molecule has 0 spiro atoms. The van der Waals surface area contributed by atoms with Crippen LogP contribution in [0.25, 0.3) is 0 Å². The first-order valence-corrected chi connectivity index (χ1v) is 13.3. The van der Waals surface area contributed by atoms with Crippen molar-refractivity contribution in [2.24, 2.45) is 0 Å². The average molecular weight is 484 g/mol. The van der Waals surface area contributed by atoms with Crippen LogP contribution in [-0.2, 0) is 23.7 Å². The minimum absolute atomic E-state index is 0.341. The summed E-state index contributed by atoms with van der Waals surface area (Å²) in [4.78, 5) is 26.0. The van der Waals surface area contributed by atoms with Crippen molar-refractivity contribution in [1.29, 1.82) is 0 Å². The Morgan fingerprint density at radius 3 is 2.21 bits per heavy atom. The van der Waals surface area contributed by atoms with Gasteiger partial charge in [-0.05, 0) is 12.5 Å². The molecule has 2 aliphatic rings. The van der Waals surface area contributed by atoms with E-state index in [1.807, 2.05) is 0 Å². The van der Waals surface area contributed by atoms with Crippen LogP contribution in [0.2, 0.25) is 0 Å². The fourth-order valence-electron chi connectivity index (χ4n) is 4.21. The van der Waals surface area contributed by atoms with Gasteiger partial charge in [-0.15, -0.1) is 0 Å². The van der Waals surface area contributed by atoms with E-state index in [9.17, 15) is 14.7 Å². The van der Waals surface area contributed by atoms with Crippen LogP contribution in [-0.4, -0.2) is 66.9 Å². The third-order valence-electron chi connectivity index (χ3n) is 6.30. The molecule has 2 aliphatic heterocycles. The van der Waals surface area contributed by atoms with E-state index >= 15 is 0 Å². The third-order valence-corrected chi connectivity index (χ3v) is 6.30. The lowest BCUT2D eigenvalue weighted by Gasteiger charge is -2.27. The first-order chi connectivity index (χ1) is 16.5. The van der Waals surface area contributed by atoms with Crippen molar-refractivity contribution in [2.45, 2.75) is 116 Å². The summed E-state index contributed by atoms with van der Waals surface area (Å²) >= 11 is 0. The Hall–Kier alpha value is -1.80. The molecule has 196 valence electrons. The highest BCUT2D eigenvalue weighted by atomic mass is 16.7. The maximum absolute atomic E-state index is 12.4. The van der Waals surface area contributed by atoms with Gasteiger partial charge < -0.3 is 29.0 Å². The predicted molar refractivity (Wildman–Crippen MR) is 129 cm³/mol. The van der Waals surface area contributed by atoms with E-state index in [0.29, 0.717) is 44.9 Å². The minimum Gasteiger partial charge on any atom is -0.480 e. The number of nitrogens with zero attached hydrogens (tertiary/aromatic N) is 1. The van der Waals surface area contributed by atoms with Gasteiger partial charge in [-0.1, -0.05) is 77.6 Å². The summed E-state index contributed by atoms with van der Waals surface area (Å²) < 4.78 is 21.2. The molecule has 1 fully saturated rings. The second kappa shape index (κ2) is 16.8. The Kier molecular flexibility index (Phi) is 14.0. The van der Waals surface area contributed by atoms with Crippen LogP contribution in [0.3, 0.4) is 0 Å². The van der Waals surface area contributed by atoms with E-state index in [-0.39, 0.29) is 0 Å². The van der Waals surface area contributed by atoms with E-state index in [2.05, 4.69) is 6.92 Å². The number of carbonyl (C=O) groups excluding carboxylic acids is 2. The number of hydrogen-bond donors (Lipinski definition) is 1. The molecular weight excluding hydrogens is 438 g/mol. The van der Waals surface area contributed by atoms with Gasteiger partial charge in [0, 0.05) is 26.4 Å². The second-order valence-electron chi connectivity index (χ2n) is 9.28. The molecule has 0 aromatic carbocycles. The maximum Gasteiger partial charge on any atom is 0.413 e. The highest BCUT2D eigenvalue weighted by molar-refractivity contribution is 5.76. The van der Waals surface area contributed by atoms with Crippen molar-refractivity contribution in [3.05, 3.63) is 11.8 Å². The predicted octanol–water partition coefficient (Wildman–Crippen LogP) is 5.08. The van der Waals surface area contributed by atoms with Crippen molar-refractivity contribution < 1.29 is 33.6 Å². The fourth-order valence-corrected chi connectivity index (χ4v) is 4.21. The molecule has 8 nitrogen and oxygen atoms in total. The van der Waals surface area contributed by atoms with Crippen LogP contribution in [0, 0.1) is 0 Å². The van der Waals surface area contributed by atoms with Gasteiger partial charge in [-0.2, -0.15) is 0 Å². The Balaban J connectivity index is 1.51. The van der Waals surface area contributed by atoms with Crippen LogP contribution < -0.4 is 0 Å². The third kappa shape index (κ3) is 11.1. The highest BCUT2D eigenvalue weighted by Crippen LogP contribution is 2.24. The maximum atomic E-state index is 12.4. The number of amides is 1. The van der Waals surface area contributed by atoms with E-state index in [1.54, 1.807) is 6.08 Å². The summed E-state index contributed by atoms with van der Waals surface area (Å²) in [6, 6.07) is 0. The number of aliphatic hydroxyl groups is 1. The van der Waals surface area contributed by atoms with Crippen LogP contribution in [0.15, 0.2) is 11.8 Å². The SMILES string of the molecule is CCCCCCCCCCCCCC(O)C1=CCC(C(=O)OC(C)OC(=O)N2CCOCC2)O1. The van der Waals surface area contributed by atoms with Gasteiger partial charge in [0.15, 0.2) is 6.10 Å². The largest absolute Gasteiger partial charge is 0.480 e. The Morgan fingerprint density at radius 2 is 1.59 bits per heavy atom. The number of carbonyl (C=O) groups is 2. The molecule has 34 heavy (non-hydrogen) atoms. The number of hydrogen-bond acceptors (Lipinski definition) is 7. The number of rotatable bonds is 16. The molecule has 0 radical (unpaired) electrons. The molecular formula is C26H45NO7. The molecule has 2 rings (SSSR count). The monoisotopic (exact) mass is 483 g/mol.